The monoisotopic (exact) mass is 304 g/mol. The molecule has 0 unspecified atom stereocenters. The lowest BCUT2D eigenvalue weighted by atomic mass is 10.3. The summed E-state index contributed by atoms with van der Waals surface area (Å²) in [6.45, 7) is 2.62. The number of hydrogen-bond acceptors (Lipinski definition) is 5. The van der Waals surface area contributed by atoms with Crippen molar-refractivity contribution in [2.24, 2.45) is 0 Å². The molecule has 0 radical (unpaired) electrons. The minimum absolute atomic E-state index is 0.548. The summed E-state index contributed by atoms with van der Waals surface area (Å²) in [6, 6.07) is 5.85. The molecule has 0 aliphatic heterocycles. The summed E-state index contributed by atoms with van der Waals surface area (Å²) < 4.78 is 8.27. The zero-order valence-corrected chi connectivity index (χ0v) is 12.4. The van der Waals surface area contributed by atoms with E-state index in [9.17, 15) is 0 Å². The van der Waals surface area contributed by atoms with Gasteiger partial charge in [-0.3, -0.25) is 4.57 Å². The summed E-state index contributed by atoms with van der Waals surface area (Å²) in [5.41, 5.74) is 0.925. The first-order chi connectivity index (χ1) is 9.76. The molecule has 3 aromatic rings. The lowest BCUT2D eigenvalue weighted by Gasteiger charge is -2.03. The Morgan fingerprint density at radius 2 is 2.40 bits per heavy atom. The van der Waals surface area contributed by atoms with Crippen molar-refractivity contribution in [2.75, 3.05) is 11.9 Å². The molecule has 0 aliphatic rings. The second-order valence-electron chi connectivity index (χ2n) is 3.98. The van der Waals surface area contributed by atoms with Gasteiger partial charge in [0.05, 0.1) is 16.8 Å². The van der Waals surface area contributed by atoms with Gasteiger partial charge in [-0.2, -0.15) is 0 Å². The number of thiazole rings is 1. The van der Waals surface area contributed by atoms with Crippen LogP contribution >= 0.6 is 23.6 Å². The zero-order valence-electron chi connectivity index (χ0n) is 10.7. The van der Waals surface area contributed by atoms with Gasteiger partial charge in [0.2, 0.25) is 0 Å². The summed E-state index contributed by atoms with van der Waals surface area (Å²) >= 11 is 6.82. The van der Waals surface area contributed by atoms with E-state index >= 15 is 0 Å². The molecule has 0 bridgehead atoms. The molecule has 5 nitrogen and oxygen atoms in total. The fraction of sp³-hybridized carbons (Fsp3) is 0.154. The molecule has 0 amide bonds. The van der Waals surface area contributed by atoms with Crippen LogP contribution in [-0.4, -0.2) is 26.3 Å². The number of imidazole rings is 1. The third-order valence-corrected chi connectivity index (χ3v) is 3.87. The maximum absolute atomic E-state index is 5.48. The van der Waals surface area contributed by atoms with Crippen LogP contribution in [0.25, 0.3) is 10.2 Å². The molecular weight excluding hydrogens is 292 g/mol. The SMILES string of the molecule is CCOc1ccc2nc(NC(=S)n3ccnc3)sc2c1. The molecule has 1 N–H and O–H groups in total. The van der Waals surface area contributed by atoms with Gasteiger partial charge in [-0.15, -0.1) is 0 Å². The van der Waals surface area contributed by atoms with Crippen LogP contribution in [0.2, 0.25) is 0 Å². The van der Waals surface area contributed by atoms with Gasteiger partial charge in [-0.05, 0) is 37.3 Å². The molecule has 102 valence electrons. The fourth-order valence-electron chi connectivity index (χ4n) is 1.75. The summed E-state index contributed by atoms with van der Waals surface area (Å²) in [7, 11) is 0. The highest BCUT2D eigenvalue weighted by molar-refractivity contribution is 7.80. The minimum Gasteiger partial charge on any atom is -0.494 e. The van der Waals surface area contributed by atoms with Gasteiger partial charge in [-0.25, -0.2) is 9.97 Å². The Labute approximate surface area is 125 Å². The average molecular weight is 304 g/mol. The van der Waals surface area contributed by atoms with Gasteiger partial charge in [0.25, 0.3) is 0 Å². The summed E-state index contributed by atoms with van der Waals surface area (Å²) in [5.74, 6) is 0.854. The first kappa shape index (κ1) is 13.0. The summed E-state index contributed by atoms with van der Waals surface area (Å²) in [6.07, 6.45) is 5.12. The Kier molecular flexibility index (Phi) is 3.62. The molecule has 0 spiro atoms. The molecule has 1 aromatic carbocycles. The molecule has 0 saturated heterocycles. The van der Waals surface area contributed by atoms with E-state index in [-0.39, 0.29) is 0 Å². The molecular formula is C13H12N4OS2. The van der Waals surface area contributed by atoms with E-state index < -0.39 is 0 Å². The second-order valence-corrected chi connectivity index (χ2v) is 5.40. The number of aromatic nitrogens is 3. The predicted molar refractivity (Wildman–Crippen MR) is 84.6 cm³/mol. The molecule has 3 rings (SSSR count). The van der Waals surface area contributed by atoms with E-state index in [1.807, 2.05) is 25.1 Å². The average Bonchev–Trinajstić information content (AvgIpc) is 3.06. The van der Waals surface area contributed by atoms with Gasteiger partial charge in [0.1, 0.15) is 12.1 Å². The van der Waals surface area contributed by atoms with Crippen molar-refractivity contribution in [3.8, 4) is 5.75 Å². The summed E-state index contributed by atoms with van der Waals surface area (Å²) in [4.78, 5) is 8.46. The molecule has 2 aromatic heterocycles. The molecule has 0 aliphatic carbocycles. The van der Waals surface area contributed by atoms with Crippen molar-refractivity contribution in [1.29, 1.82) is 0 Å². The van der Waals surface area contributed by atoms with Crippen LogP contribution in [0.15, 0.2) is 36.9 Å². The lowest BCUT2D eigenvalue weighted by Crippen LogP contribution is -2.17. The third-order valence-electron chi connectivity index (χ3n) is 2.62. The van der Waals surface area contributed by atoms with Gasteiger partial charge >= 0.3 is 0 Å². The smallest absolute Gasteiger partial charge is 0.190 e. The zero-order chi connectivity index (χ0) is 13.9. The molecule has 20 heavy (non-hydrogen) atoms. The normalized spacial score (nSPS) is 10.7. The maximum atomic E-state index is 5.48. The highest BCUT2D eigenvalue weighted by Crippen LogP contribution is 2.29. The number of ether oxygens (including phenoxy) is 1. The second kappa shape index (κ2) is 5.56. The Morgan fingerprint density at radius 3 is 3.15 bits per heavy atom. The van der Waals surface area contributed by atoms with Crippen LogP contribution in [-0.2, 0) is 0 Å². The van der Waals surface area contributed by atoms with Gasteiger partial charge in [-0.1, -0.05) is 11.3 Å². The molecule has 2 heterocycles. The number of anilines is 1. The van der Waals surface area contributed by atoms with Gasteiger partial charge in [0.15, 0.2) is 10.2 Å². The largest absolute Gasteiger partial charge is 0.494 e. The molecule has 7 heteroatoms. The van der Waals surface area contributed by atoms with Crippen LogP contribution in [0, 0.1) is 0 Å². The Balaban J connectivity index is 1.84. The van der Waals surface area contributed by atoms with Crippen molar-refractivity contribution in [3.63, 3.8) is 0 Å². The first-order valence-electron chi connectivity index (χ1n) is 6.09. The standard InChI is InChI=1S/C13H12N4OS2/c1-2-18-9-3-4-10-11(7-9)20-12(15-10)16-13(19)17-6-5-14-8-17/h3-8H,2H2,1H3,(H,15,16,19). The third kappa shape index (κ3) is 2.63. The minimum atomic E-state index is 0.548. The van der Waals surface area contributed by atoms with Crippen LogP contribution in [0.5, 0.6) is 5.75 Å². The number of rotatable bonds is 3. The van der Waals surface area contributed by atoms with Crippen molar-refractivity contribution in [3.05, 3.63) is 36.9 Å². The maximum Gasteiger partial charge on any atom is 0.190 e. The first-order valence-corrected chi connectivity index (χ1v) is 7.31. The molecule has 0 atom stereocenters. The van der Waals surface area contributed by atoms with E-state index in [4.69, 9.17) is 17.0 Å². The van der Waals surface area contributed by atoms with Crippen molar-refractivity contribution < 1.29 is 4.74 Å². The quantitative estimate of drug-likeness (QED) is 0.753. The van der Waals surface area contributed by atoms with E-state index in [1.54, 1.807) is 23.3 Å². The van der Waals surface area contributed by atoms with Crippen LogP contribution < -0.4 is 10.1 Å². The molecule has 0 saturated carbocycles. The Morgan fingerprint density at radius 1 is 1.50 bits per heavy atom. The Bertz CT molecular complexity index is 736. The number of fused-ring (bicyclic) bond motifs is 1. The van der Waals surface area contributed by atoms with Crippen molar-refractivity contribution >= 4 is 44.0 Å². The number of nitrogens with one attached hydrogen (secondary N) is 1. The highest BCUT2D eigenvalue weighted by Gasteiger charge is 2.07. The van der Waals surface area contributed by atoms with Crippen molar-refractivity contribution in [2.45, 2.75) is 6.92 Å². The fourth-order valence-corrected chi connectivity index (χ4v) is 2.91. The lowest BCUT2D eigenvalue weighted by molar-refractivity contribution is 0.341. The predicted octanol–water partition coefficient (Wildman–Crippen LogP) is 3.14. The summed E-state index contributed by atoms with van der Waals surface area (Å²) in [5, 5.41) is 4.41. The number of hydrogen-bond donors (Lipinski definition) is 1. The van der Waals surface area contributed by atoms with E-state index in [2.05, 4.69) is 15.3 Å². The number of thiocarbonyl (C=S) groups is 1. The topological polar surface area (TPSA) is 52.0 Å². The van der Waals surface area contributed by atoms with Gasteiger partial charge < -0.3 is 10.1 Å². The van der Waals surface area contributed by atoms with E-state index in [1.165, 1.54) is 11.3 Å². The van der Waals surface area contributed by atoms with Gasteiger partial charge in [0, 0.05) is 12.4 Å². The van der Waals surface area contributed by atoms with E-state index in [0.717, 1.165) is 21.1 Å². The van der Waals surface area contributed by atoms with Crippen LogP contribution in [0.1, 0.15) is 6.92 Å². The Hall–Kier alpha value is -1.99. The van der Waals surface area contributed by atoms with E-state index in [0.29, 0.717) is 11.7 Å². The number of nitrogens with zero attached hydrogens (tertiary/aromatic N) is 3. The van der Waals surface area contributed by atoms with Crippen LogP contribution in [0.4, 0.5) is 5.13 Å². The van der Waals surface area contributed by atoms with Crippen LogP contribution in [0.3, 0.4) is 0 Å². The molecule has 0 fully saturated rings. The number of benzene rings is 1. The highest BCUT2D eigenvalue weighted by atomic mass is 32.1. The van der Waals surface area contributed by atoms with Crippen molar-refractivity contribution in [1.82, 2.24) is 14.5 Å².